The lowest BCUT2D eigenvalue weighted by Gasteiger charge is -2.34. The first-order valence-electron chi connectivity index (χ1n) is 7.53. The lowest BCUT2D eigenvalue weighted by atomic mass is 10.0. The number of hydrogen-bond acceptors (Lipinski definition) is 6. The molecule has 0 bridgehead atoms. The minimum absolute atomic E-state index is 0.198. The molecule has 2 rings (SSSR count). The fraction of sp³-hybridized carbons (Fsp3) is 0.714. The molecule has 1 fully saturated rings. The highest BCUT2D eigenvalue weighted by Crippen LogP contribution is 2.16. The van der Waals surface area contributed by atoms with Crippen LogP contribution in [-0.4, -0.2) is 59.3 Å². The molecular weight excluding hydrogens is 273 g/mol. The summed E-state index contributed by atoms with van der Waals surface area (Å²) >= 11 is 0. The van der Waals surface area contributed by atoms with Crippen LogP contribution in [0.3, 0.4) is 0 Å². The number of anilines is 2. The Labute approximate surface area is 124 Å². The number of piperidine rings is 1. The van der Waals surface area contributed by atoms with Crippen LogP contribution in [0.5, 0.6) is 0 Å². The van der Waals surface area contributed by atoms with E-state index in [4.69, 9.17) is 0 Å². The summed E-state index contributed by atoms with van der Waals surface area (Å²) in [6.45, 7) is 2.96. The maximum Gasteiger partial charge on any atom is 0.224 e. The summed E-state index contributed by atoms with van der Waals surface area (Å²) in [5, 5.41) is 15.1. The van der Waals surface area contributed by atoms with Crippen molar-refractivity contribution in [1.82, 2.24) is 14.9 Å². The second-order valence-electron chi connectivity index (χ2n) is 5.29. The Bertz CT molecular complexity index is 445. The molecule has 0 aromatic carbocycles. The van der Waals surface area contributed by atoms with E-state index in [9.17, 15) is 9.50 Å². The second kappa shape index (κ2) is 8.09. The SMILES string of the molecule is CNc1nc(NCCCN2CCCCC2CO)ncc1F. The second-order valence-corrected chi connectivity index (χ2v) is 5.29. The van der Waals surface area contributed by atoms with Crippen LogP contribution >= 0.6 is 0 Å². The van der Waals surface area contributed by atoms with Gasteiger partial charge in [-0.25, -0.2) is 9.37 Å². The molecule has 1 aromatic heterocycles. The lowest BCUT2D eigenvalue weighted by Crippen LogP contribution is -2.42. The smallest absolute Gasteiger partial charge is 0.224 e. The summed E-state index contributed by atoms with van der Waals surface area (Å²) in [6, 6.07) is 0.303. The average molecular weight is 297 g/mol. The number of halogens is 1. The van der Waals surface area contributed by atoms with Crippen molar-refractivity contribution in [2.45, 2.75) is 31.7 Å². The van der Waals surface area contributed by atoms with Gasteiger partial charge in [0.05, 0.1) is 12.8 Å². The first-order valence-corrected chi connectivity index (χ1v) is 7.53. The summed E-state index contributed by atoms with van der Waals surface area (Å²) < 4.78 is 13.2. The van der Waals surface area contributed by atoms with Gasteiger partial charge in [-0.1, -0.05) is 6.42 Å². The van der Waals surface area contributed by atoms with Gasteiger partial charge in [0, 0.05) is 26.2 Å². The minimum Gasteiger partial charge on any atom is -0.395 e. The van der Waals surface area contributed by atoms with Gasteiger partial charge >= 0.3 is 0 Å². The van der Waals surface area contributed by atoms with Crippen molar-refractivity contribution < 1.29 is 9.50 Å². The van der Waals surface area contributed by atoms with E-state index >= 15 is 0 Å². The zero-order valence-electron chi connectivity index (χ0n) is 12.5. The Hall–Kier alpha value is -1.47. The van der Waals surface area contributed by atoms with Gasteiger partial charge in [0.25, 0.3) is 0 Å². The highest BCUT2D eigenvalue weighted by Gasteiger charge is 2.20. The van der Waals surface area contributed by atoms with Crippen LogP contribution in [0.2, 0.25) is 0 Å². The third-order valence-corrected chi connectivity index (χ3v) is 3.85. The molecule has 1 atom stereocenters. The topological polar surface area (TPSA) is 73.3 Å². The van der Waals surface area contributed by atoms with Crippen molar-refractivity contribution in [2.75, 3.05) is 43.9 Å². The lowest BCUT2D eigenvalue weighted by molar-refractivity contribution is 0.0901. The van der Waals surface area contributed by atoms with Crippen molar-refractivity contribution in [3.8, 4) is 0 Å². The van der Waals surface area contributed by atoms with Crippen LogP contribution in [-0.2, 0) is 0 Å². The van der Waals surface area contributed by atoms with Gasteiger partial charge in [0.15, 0.2) is 11.6 Å². The van der Waals surface area contributed by atoms with E-state index in [0.29, 0.717) is 12.0 Å². The summed E-state index contributed by atoms with van der Waals surface area (Å²) in [6.07, 6.45) is 5.59. The fourth-order valence-electron chi connectivity index (χ4n) is 2.67. The van der Waals surface area contributed by atoms with Crippen molar-refractivity contribution in [3.05, 3.63) is 12.0 Å². The van der Waals surface area contributed by atoms with Gasteiger partial charge in [0.2, 0.25) is 5.95 Å². The largest absolute Gasteiger partial charge is 0.395 e. The van der Waals surface area contributed by atoms with E-state index in [1.165, 1.54) is 12.8 Å². The Morgan fingerprint density at radius 2 is 2.33 bits per heavy atom. The summed E-state index contributed by atoms with van der Waals surface area (Å²) in [4.78, 5) is 10.3. The predicted molar refractivity (Wildman–Crippen MR) is 80.9 cm³/mol. The van der Waals surface area contributed by atoms with Crippen molar-refractivity contribution in [3.63, 3.8) is 0 Å². The molecule has 1 saturated heterocycles. The van der Waals surface area contributed by atoms with Crippen LogP contribution in [0.15, 0.2) is 6.20 Å². The van der Waals surface area contributed by atoms with Crippen LogP contribution in [0, 0.1) is 5.82 Å². The molecule has 0 saturated carbocycles. The fourth-order valence-corrected chi connectivity index (χ4v) is 2.67. The molecular formula is C14H24FN5O. The van der Waals surface area contributed by atoms with E-state index in [0.717, 1.165) is 38.7 Å². The molecule has 21 heavy (non-hydrogen) atoms. The molecule has 7 heteroatoms. The van der Waals surface area contributed by atoms with E-state index in [-0.39, 0.29) is 12.4 Å². The zero-order chi connectivity index (χ0) is 15.1. The molecule has 1 aliphatic heterocycles. The number of nitrogens with zero attached hydrogens (tertiary/aromatic N) is 3. The van der Waals surface area contributed by atoms with E-state index in [1.54, 1.807) is 7.05 Å². The number of rotatable bonds is 7. The number of aromatic nitrogens is 2. The van der Waals surface area contributed by atoms with Crippen molar-refractivity contribution in [1.29, 1.82) is 0 Å². The number of aliphatic hydroxyl groups is 1. The summed E-state index contributed by atoms with van der Waals surface area (Å²) in [5.74, 6) is 0.170. The van der Waals surface area contributed by atoms with Gasteiger partial charge in [-0.05, 0) is 25.8 Å². The quantitative estimate of drug-likeness (QED) is 0.659. The summed E-state index contributed by atoms with van der Waals surface area (Å²) in [5.41, 5.74) is 0. The first kappa shape index (κ1) is 15.9. The van der Waals surface area contributed by atoms with Crippen LogP contribution in [0.4, 0.5) is 16.2 Å². The van der Waals surface area contributed by atoms with Crippen molar-refractivity contribution >= 4 is 11.8 Å². The standard InChI is InChI=1S/C14H24FN5O/c1-16-13-12(15)9-18-14(19-13)17-6-4-8-20-7-3-2-5-11(20)10-21/h9,11,21H,2-8,10H2,1H3,(H2,16,17,18,19). The summed E-state index contributed by atoms with van der Waals surface area (Å²) in [7, 11) is 1.63. The predicted octanol–water partition coefficient (Wildman–Crippen LogP) is 1.31. The molecule has 1 unspecified atom stereocenters. The minimum atomic E-state index is -0.456. The van der Waals surface area contributed by atoms with Crippen LogP contribution in [0.1, 0.15) is 25.7 Å². The third kappa shape index (κ3) is 4.50. The van der Waals surface area contributed by atoms with E-state index in [2.05, 4.69) is 25.5 Å². The van der Waals surface area contributed by atoms with Gasteiger partial charge in [0.1, 0.15) is 0 Å². The van der Waals surface area contributed by atoms with Crippen LogP contribution in [0.25, 0.3) is 0 Å². The molecule has 118 valence electrons. The number of nitrogens with one attached hydrogen (secondary N) is 2. The van der Waals surface area contributed by atoms with E-state index < -0.39 is 5.82 Å². The Morgan fingerprint density at radius 1 is 1.48 bits per heavy atom. The maximum atomic E-state index is 13.2. The third-order valence-electron chi connectivity index (χ3n) is 3.85. The zero-order valence-corrected chi connectivity index (χ0v) is 12.5. The van der Waals surface area contributed by atoms with Gasteiger partial charge in [-0.15, -0.1) is 0 Å². The highest BCUT2D eigenvalue weighted by molar-refractivity contribution is 5.40. The molecule has 0 amide bonds. The number of hydrogen-bond donors (Lipinski definition) is 3. The van der Waals surface area contributed by atoms with Gasteiger partial charge in [-0.3, -0.25) is 4.90 Å². The molecule has 3 N–H and O–H groups in total. The Kier molecular flexibility index (Phi) is 6.13. The molecule has 0 spiro atoms. The molecule has 0 aliphatic carbocycles. The van der Waals surface area contributed by atoms with Gasteiger partial charge in [-0.2, -0.15) is 4.98 Å². The molecule has 1 aliphatic rings. The average Bonchev–Trinajstić information content (AvgIpc) is 2.53. The molecule has 2 heterocycles. The number of aliphatic hydroxyl groups excluding tert-OH is 1. The van der Waals surface area contributed by atoms with Crippen molar-refractivity contribution in [2.24, 2.45) is 0 Å². The first-order chi connectivity index (χ1) is 10.2. The number of likely N-dealkylation sites (tertiary alicyclic amines) is 1. The Morgan fingerprint density at radius 3 is 3.10 bits per heavy atom. The molecule has 1 aromatic rings. The molecule has 6 nitrogen and oxygen atoms in total. The van der Waals surface area contributed by atoms with Gasteiger partial charge < -0.3 is 15.7 Å². The Balaban J connectivity index is 1.74. The maximum absolute atomic E-state index is 13.2. The van der Waals surface area contributed by atoms with E-state index in [1.807, 2.05) is 0 Å². The normalized spacial score (nSPS) is 19.5. The highest BCUT2D eigenvalue weighted by atomic mass is 19.1. The molecule has 0 radical (unpaired) electrons. The monoisotopic (exact) mass is 297 g/mol. The van der Waals surface area contributed by atoms with Crippen LogP contribution < -0.4 is 10.6 Å².